The third-order valence-electron chi connectivity index (χ3n) is 10.6. The van der Waals surface area contributed by atoms with Crippen molar-refractivity contribution in [3.63, 3.8) is 0 Å². The second-order valence-electron chi connectivity index (χ2n) is 13.4. The van der Waals surface area contributed by atoms with Crippen molar-refractivity contribution in [2.45, 2.75) is 80.3 Å². The van der Waals surface area contributed by atoms with Crippen molar-refractivity contribution in [2.24, 2.45) is 40.4 Å². The van der Waals surface area contributed by atoms with Crippen LogP contribution in [0.4, 0.5) is 0 Å². The van der Waals surface area contributed by atoms with Gasteiger partial charge in [-0.2, -0.15) is 0 Å². The highest BCUT2D eigenvalue weighted by Crippen LogP contribution is 2.64. The first kappa shape index (κ1) is 31.5. The number of esters is 1. The van der Waals surface area contributed by atoms with Gasteiger partial charge < -0.3 is 4.74 Å². The first-order valence-corrected chi connectivity index (χ1v) is 15.0. The Balaban J connectivity index is 1.86. The number of ketones is 4. The normalized spacial score (nSPS) is 32.8. The van der Waals surface area contributed by atoms with Crippen LogP contribution in [-0.4, -0.2) is 35.2 Å². The minimum atomic E-state index is -0.813. The number of hydrogen-bond donors (Lipinski definition) is 0. The summed E-state index contributed by atoms with van der Waals surface area (Å²) in [7, 11) is 0. The fourth-order valence-electron chi connectivity index (χ4n) is 8.80. The Morgan fingerprint density at radius 2 is 1.60 bits per heavy atom. The predicted molar refractivity (Wildman–Crippen MR) is 162 cm³/mol. The average Bonchev–Trinajstić information content (AvgIpc) is 2.99. The zero-order valence-electron chi connectivity index (χ0n) is 26.0. The van der Waals surface area contributed by atoms with E-state index in [0.717, 1.165) is 5.56 Å². The Hall–Kier alpha value is -3.41. The molecular formula is C36H44O6. The van der Waals surface area contributed by atoms with Gasteiger partial charge in [0.15, 0.2) is 5.78 Å². The first-order valence-electron chi connectivity index (χ1n) is 15.0. The molecule has 4 rings (SSSR count). The lowest BCUT2D eigenvalue weighted by Gasteiger charge is -2.59. The van der Waals surface area contributed by atoms with E-state index in [2.05, 4.69) is 6.58 Å². The van der Waals surface area contributed by atoms with E-state index in [0.29, 0.717) is 36.0 Å². The lowest BCUT2D eigenvalue weighted by atomic mass is 9.44. The Kier molecular flexibility index (Phi) is 8.78. The molecule has 0 saturated heterocycles. The maximum absolute atomic E-state index is 13.7. The van der Waals surface area contributed by atoms with Gasteiger partial charge in [0, 0.05) is 30.3 Å². The Labute approximate surface area is 249 Å². The maximum atomic E-state index is 13.7. The van der Waals surface area contributed by atoms with Gasteiger partial charge in [0.1, 0.15) is 23.5 Å². The highest BCUT2D eigenvalue weighted by Gasteiger charge is 2.62. The predicted octanol–water partition coefficient (Wildman–Crippen LogP) is 6.54. The summed E-state index contributed by atoms with van der Waals surface area (Å²) in [5.74, 6) is -3.80. The molecule has 7 atom stereocenters. The van der Waals surface area contributed by atoms with Gasteiger partial charge in [-0.1, -0.05) is 57.7 Å². The summed E-state index contributed by atoms with van der Waals surface area (Å²) in [4.78, 5) is 67.3. The van der Waals surface area contributed by atoms with Crippen molar-refractivity contribution in [3.05, 3.63) is 65.3 Å². The number of Topliss-reactive ketones (excluding diaryl/α,β-unsaturated/α-hetero) is 4. The fourth-order valence-corrected chi connectivity index (χ4v) is 8.80. The minimum absolute atomic E-state index is 0.0395. The van der Waals surface area contributed by atoms with Crippen LogP contribution in [0.25, 0.3) is 6.08 Å². The molecule has 6 nitrogen and oxygen atoms in total. The first-order chi connectivity index (χ1) is 19.6. The molecule has 3 aliphatic carbocycles. The summed E-state index contributed by atoms with van der Waals surface area (Å²) in [6, 6.07) is 9.44. The molecule has 1 aromatic carbocycles. The number of fused-ring (bicyclic) bond motifs is 3. The van der Waals surface area contributed by atoms with Crippen molar-refractivity contribution >= 4 is 35.2 Å². The number of carbonyl (C=O) groups is 5. The number of allylic oxidation sites excluding steroid dienone is 2. The summed E-state index contributed by atoms with van der Waals surface area (Å²) in [5, 5.41) is 0. The van der Waals surface area contributed by atoms with E-state index in [1.807, 2.05) is 51.1 Å². The van der Waals surface area contributed by atoms with Gasteiger partial charge >= 0.3 is 5.97 Å². The molecule has 2 saturated carbocycles. The smallest absolute Gasteiger partial charge is 0.331 e. The molecule has 1 unspecified atom stereocenters. The van der Waals surface area contributed by atoms with E-state index in [9.17, 15) is 24.0 Å². The number of rotatable bonds is 6. The Morgan fingerprint density at radius 1 is 0.952 bits per heavy atom. The molecule has 42 heavy (non-hydrogen) atoms. The van der Waals surface area contributed by atoms with Gasteiger partial charge in [0.2, 0.25) is 0 Å². The van der Waals surface area contributed by atoms with Gasteiger partial charge in [-0.25, -0.2) is 4.79 Å². The van der Waals surface area contributed by atoms with Gasteiger partial charge in [0.25, 0.3) is 0 Å². The number of benzene rings is 1. The standard InChI is InChI=1S/C36H44O6/c1-20-27(40)16-15-26-30(22(3)37)33-21(2)28(42-29(41)17-14-25-12-10-9-11-13-25)18-19-36(33,8)34(24(5)39)31(23(4)38)32(20)35(26,6)7/h9-14,17,26,28,30-31,33-34H,2,15-16,18-19H2,1,3-8H3/b17-14+/t26-,28-,30+,31+,33?,34-,36+/m0/s1. The van der Waals surface area contributed by atoms with Crippen molar-refractivity contribution in [3.8, 4) is 0 Å². The van der Waals surface area contributed by atoms with E-state index in [-0.39, 0.29) is 35.5 Å². The maximum Gasteiger partial charge on any atom is 0.331 e. The minimum Gasteiger partial charge on any atom is -0.455 e. The van der Waals surface area contributed by atoms with Crippen LogP contribution in [0.15, 0.2) is 59.7 Å². The van der Waals surface area contributed by atoms with E-state index < -0.39 is 46.6 Å². The molecule has 1 aromatic rings. The van der Waals surface area contributed by atoms with Crippen LogP contribution in [-0.2, 0) is 28.7 Å². The van der Waals surface area contributed by atoms with Crippen LogP contribution < -0.4 is 0 Å². The average molecular weight is 573 g/mol. The van der Waals surface area contributed by atoms with Crippen LogP contribution in [0, 0.1) is 40.4 Å². The molecule has 0 radical (unpaired) electrons. The molecule has 2 bridgehead atoms. The molecule has 0 amide bonds. The van der Waals surface area contributed by atoms with Crippen LogP contribution >= 0.6 is 0 Å². The summed E-state index contributed by atoms with van der Waals surface area (Å²) in [5.41, 5.74) is 1.20. The number of ether oxygens (including phenoxy) is 1. The fraction of sp³-hybridized carbons (Fsp3) is 0.528. The van der Waals surface area contributed by atoms with E-state index in [1.165, 1.54) is 19.9 Å². The van der Waals surface area contributed by atoms with Gasteiger partial charge in [-0.15, -0.1) is 0 Å². The zero-order chi connectivity index (χ0) is 31.1. The molecule has 0 heterocycles. The summed E-state index contributed by atoms with van der Waals surface area (Å²) in [6.45, 7) is 16.8. The van der Waals surface area contributed by atoms with Crippen molar-refractivity contribution in [1.29, 1.82) is 0 Å². The Bertz CT molecular complexity index is 1380. The van der Waals surface area contributed by atoms with Crippen molar-refractivity contribution < 1.29 is 28.7 Å². The largest absolute Gasteiger partial charge is 0.455 e. The lowest BCUT2D eigenvalue weighted by Crippen LogP contribution is -2.58. The van der Waals surface area contributed by atoms with Crippen molar-refractivity contribution in [2.75, 3.05) is 0 Å². The highest BCUT2D eigenvalue weighted by molar-refractivity contribution is 5.99. The van der Waals surface area contributed by atoms with Crippen molar-refractivity contribution in [1.82, 2.24) is 0 Å². The van der Waals surface area contributed by atoms with Crippen LogP contribution in [0.5, 0.6) is 0 Å². The summed E-state index contributed by atoms with van der Waals surface area (Å²) >= 11 is 0. The van der Waals surface area contributed by atoms with Gasteiger partial charge in [0.05, 0.1) is 0 Å². The molecule has 3 aliphatic rings. The quantitative estimate of drug-likeness (QED) is 0.218. The van der Waals surface area contributed by atoms with Crippen LogP contribution in [0.2, 0.25) is 0 Å². The topological polar surface area (TPSA) is 94.6 Å². The summed E-state index contributed by atoms with van der Waals surface area (Å²) < 4.78 is 5.95. The Morgan fingerprint density at radius 3 is 2.17 bits per heavy atom. The highest BCUT2D eigenvalue weighted by atomic mass is 16.5. The van der Waals surface area contributed by atoms with Gasteiger partial charge in [-0.05, 0) is 98.0 Å². The summed E-state index contributed by atoms with van der Waals surface area (Å²) in [6.07, 6.45) is 4.06. The van der Waals surface area contributed by atoms with E-state index in [4.69, 9.17) is 4.74 Å². The zero-order valence-corrected chi connectivity index (χ0v) is 26.0. The third-order valence-corrected chi connectivity index (χ3v) is 10.6. The van der Waals surface area contributed by atoms with Gasteiger partial charge in [-0.3, -0.25) is 19.2 Å². The molecule has 224 valence electrons. The van der Waals surface area contributed by atoms with E-state index >= 15 is 0 Å². The molecule has 0 aromatic heterocycles. The molecule has 2 fully saturated rings. The molecular weight excluding hydrogens is 528 g/mol. The van der Waals surface area contributed by atoms with Crippen LogP contribution in [0.1, 0.15) is 79.7 Å². The third kappa shape index (κ3) is 5.41. The molecule has 0 spiro atoms. The number of carbonyl (C=O) groups excluding carboxylic acids is 5. The van der Waals surface area contributed by atoms with Crippen LogP contribution in [0.3, 0.4) is 0 Å². The molecule has 6 heteroatoms. The molecule has 0 N–H and O–H groups in total. The second-order valence-corrected chi connectivity index (χ2v) is 13.4. The SMILES string of the molecule is C=C1C2[C@H](C(C)=O)[C@@H]3CCC(=O)C(C)=C([C@@H](C(C)=O)[C@H](C(C)=O)[C@]2(C)CC[C@@H]1OC(=O)/C=C/c1ccccc1)C3(C)C. The van der Waals surface area contributed by atoms with E-state index in [1.54, 1.807) is 19.9 Å². The number of hydrogen-bond acceptors (Lipinski definition) is 6. The second kappa shape index (κ2) is 11.7. The molecule has 0 aliphatic heterocycles. The monoisotopic (exact) mass is 572 g/mol. The lowest BCUT2D eigenvalue weighted by molar-refractivity contribution is -0.153.